The summed E-state index contributed by atoms with van der Waals surface area (Å²) >= 11 is 0. The predicted octanol–water partition coefficient (Wildman–Crippen LogP) is 0.837. The lowest BCUT2D eigenvalue weighted by molar-refractivity contribution is -0.132. The average Bonchev–Trinajstić information content (AvgIpc) is 2.99. The van der Waals surface area contributed by atoms with Gasteiger partial charge in [-0.2, -0.15) is 0 Å². The third-order valence-corrected chi connectivity index (χ3v) is 3.03. The molecule has 0 amide bonds. The first-order valence-electron chi connectivity index (χ1n) is 5.55. The van der Waals surface area contributed by atoms with Crippen molar-refractivity contribution >= 4 is 12.3 Å². The van der Waals surface area contributed by atoms with Gasteiger partial charge < -0.3 is 14.5 Å². The van der Waals surface area contributed by atoms with Gasteiger partial charge in [0.05, 0.1) is 30.5 Å². The Labute approximate surface area is 103 Å². The summed E-state index contributed by atoms with van der Waals surface area (Å²) in [6, 6.07) is 1.71. The molecule has 0 saturated carbocycles. The Balaban J connectivity index is 1.80. The van der Waals surface area contributed by atoms with Crippen LogP contribution in [0, 0.1) is 0 Å². The molecule has 0 radical (unpaired) electrons. The number of aromatic nitrogens is 1. The van der Waals surface area contributed by atoms with Crippen molar-refractivity contribution in [1.29, 1.82) is 0 Å². The smallest absolute Gasteiger partial charge is 0.335 e. The SMILES string of the molecule is O=C(O)C1=CC2C(C=C1)N=CN2Cc1ccon1. The Morgan fingerprint density at radius 3 is 3.17 bits per heavy atom. The van der Waals surface area contributed by atoms with E-state index in [1.807, 2.05) is 11.0 Å². The minimum absolute atomic E-state index is 0.0139. The summed E-state index contributed by atoms with van der Waals surface area (Å²) in [5.74, 6) is -0.919. The molecular weight excluding hydrogens is 234 g/mol. The molecule has 1 aromatic rings. The summed E-state index contributed by atoms with van der Waals surface area (Å²) in [5, 5.41) is 12.8. The summed E-state index contributed by atoms with van der Waals surface area (Å²) in [5.41, 5.74) is 1.09. The van der Waals surface area contributed by atoms with Crippen LogP contribution in [0.2, 0.25) is 0 Å². The predicted molar refractivity (Wildman–Crippen MR) is 63.0 cm³/mol. The quantitative estimate of drug-likeness (QED) is 0.853. The lowest BCUT2D eigenvalue weighted by Crippen LogP contribution is -2.35. The lowest BCUT2D eigenvalue weighted by atomic mass is 9.98. The van der Waals surface area contributed by atoms with Crippen LogP contribution in [0.15, 0.2) is 45.6 Å². The molecular formula is C12H11N3O3. The van der Waals surface area contributed by atoms with Gasteiger partial charge in [0.15, 0.2) is 0 Å². The number of aliphatic carboxylic acids is 1. The van der Waals surface area contributed by atoms with E-state index in [4.69, 9.17) is 9.63 Å². The van der Waals surface area contributed by atoms with Gasteiger partial charge in [-0.3, -0.25) is 4.99 Å². The molecule has 1 aromatic heterocycles. The standard InChI is InChI=1S/C12H11N3O3/c16-12(17)8-1-2-10-11(5-8)15(7-13-10)6-9-3-4-18-14-9/h1-5,7,10-11H,6H2,(H,16,17). The van der Waals surface area contributed by atoms with E-state index in [2.05, 4.69) is 10.1 Å². The van der Waals surface area contributed by atoms with Crippen LogP contribution in [0.5, 0.6) is 0 Å². The summed E-state index contributed by atoms with van der Waals surface area (Å²) in [6.07, 6.45) is 8.38. The van der Waals surface area contributed by atoms with E-state index < -0.39 is 5.97 Å². The molecule has 2 heterocycles. The molecule has 2 aliphatic rings. The van der Waals surface area contributed by atoms with Crippen molar-refractivity contribution in [3.05, 3.63) is 41.8 Å². The first-order valence-corrected chi connectivity index (χ1v) is 5.55. The van der Waals surface area contributed by atoms with Gasteiger partial charge in [0.25, 0.3) is 0 Å². The minimum Gasteiger partial charge on any atom is -0.478 e. The van der Waals surface area contributed by atoms with Crippen molar-refractivity contribution in [2.75, 3.05) is 0 Å². The average molecular weight is 245 g/mol. The maximum Gasteiger partial charge on any atom is 0.335 e. The molecule has 1 aliphatic heterocycles. The molecule has 0 bridgehead atoms. The summed E-state index contributed by atoms with van der Waals surface area (Å²) < 4.78 is 4.78. The second-order valence-electron chi connectivity index (χ2n) is 4.20. The number of aliphatic imine (C=N–C) groups is 1. The number of rotatable bonds is 3. The molecule has 1 N–H and O–H groups in total. The van der Waals surface area contributed by atoms with Gasteiger partial charge in [-0.1, -0.05) is 11.2 Å². The summed E-state index contributed by atoms with van der Waals surface area (Å²) in [7, 11) is 0. The molecule has 2 atom stereocenters. The van der Waals surface area contributed by atoms with E-state index >= 15 is 0 Å². The van der Waals surface area contributed by atoms with E-state index in [0.717, 1.165) is 5.69 Å². The van der Waals surface area contributed by atoms with Crippen molar-refractivity contribution in [2.24, 2.45) is 4.99 Å². The van der Waals surface area contributed by atoms with E-state index in [1.54, 1.807) is 24.6 Å². The Kier molecular flexibility index (Phi) is 2.47. The molecule has 92 valence electrons. The first-order chi connectivity index (χ1) is 8.74. The van der Waals surface area contributed by atoms with Crippen LogP contribution in [0.4, 0.5) is 0 Å². The number of carbonyl (C=O) groups is 1. The van der Waals surface area contributed by atoms with Crippen molar-refractivity contribution in [3.8, 4) is 0 Å². The fraction of sp³-hybridized carbons (Fsp3) is 0.250. The number of carboxylic acids is 1. The molecule has 6 heteroatoms. The molecule has 0 aromatic carbocycles. The minimum atomic E-state index is -0.919. The fourth-order valence-electron chi connectivity index (χ4n) is 2.12. The van der Waals surface area contributed by atoms with Crippen LogP contribution in [-0.2, 0) is 11.3 Å². The zero-order chi connectivity index (χ0) is 12.5. The van der Waals surface area contributed by atoms with Crippen molar-refractivity contribution in [3.63, 3.8) is 0 Å². The van der Waals surface area contributed by atoms with Crippen molar-refractivity contribution < 1.29 is 14.4 Å². The van der Waals surface area contributed by atoms with Gasteiger partial charge in [-0.25, -0.2) is 4.79 Å². The summed E-state index contributed by atoms with van der Waals surface area (Å²) in [4.78, 5) is 17.2. The maximum atomic E-state index is 11.0. The van der Waals surface area contributed by atoms with Gasteiger partial charge in [-0.15, -0.1) is 0 Å². The zero-order valence-electron chi connectivity index (χ0n) is 9.43. The number of fused-ring (bicyclic) bond motifs is 1. The number of carboxylic acid groups (broad SMARTS) is 1. The highest BCUT2D eigenvalue weighted by Crippen LogP contribution is 2.24. The summed E-state index contributed by atoms with van der Waals surface area (Å²) in [6.45, 7) is 0.554. The molecule has 0 spiro atoms. The van der Waals surface area contributed by atoms with Crippen molar-refractivity contribution in [2.45, 2.75) is 18.6 Å². The third kappa shape index (κ3) is 1.81. The largest absolute Gasteiger partial charge is 0.478 e. The Morgan fingerprint density at radius 1 is 1.56 bits per heavy atom. The molecule has 6 nitrogen and oxygen atoms in total. The molecule has 1 aliphatic carbocycles. The molecule has 0 saturated heterocycles. The number of hydrogen-bond donors (Lipinski definition) is 1. The first kappa shape index (κ1) is 10.8. The Morgan fingerprint density at radius 2 is 2.44 bits per heavy atom. The highest BCUT2D eigenvalue weighted by atomic mass is 16.5. The van der Waals surface area contributed by atoms with Crippen LogP contribution < -0.4 is 0 Å². The van der Waals surface area contributed by atoms with Crippen LogP contribution >= 0.6 is 0 Å². The van der Waals surface area contributed by atoms with E-state index in [9.17, 15) is 4.79 Å². The third-order valence-electron chi connectivity index (χ3n) is 3.03. The zero-order valence-corrected chi connectivity index (χ0v) is 9.43. The van der Waals surface area contributed by atoms with E-state index in [0.29, 0.717) is 12.1 Å². The Hall–Kier alpha value is -2.37. The molecule has 3 rings (SSSR count). The highest BCUT2D eigenvalue weighted by Gasteiger charge is 2.31. The van der Waals surface area contributed by atoms with Gasteiger partial charge in [0, 0.05) is 6.07 Å². The van der Waals surface area contributed by atoms with E-state index in [1.165, 1.54) is 6.26 Å². The normalized spacial score (nSPS) is 25.1. The second-order valence-corrected chi connectivity index (χ2v) is 4.20. The van der Waals surface area contributed by atoms with Crippen LogP contribution in [0.1, 0.15) is 5.69 Å². The molecule has 2 unspecified atom stereocenters. The highest BCUT2D eigenvalue weighted by molar-refractivity contribution is 5.90. The Bertz CT molecular complexity index is 545. The number of hydrogen-bond acceptors (Lipinski definition) is 5. The van der Waals surface area contributed by atoms with Gasteiger partial charge in [-0.05, 0) is 12.2 Å². The lowest BCUT2D eigenvalue weighted by Gasteiger charge is -2.25. The van der Waals surface area contributed by atoms with Crippen LogP contribution in [0.25, 0.3) is 0 Å². The fourth-order valence-corrected chi connectivity index (χ4v) is 2.12. The van der Waals surface area contributed by atoms with Gasteiger partial charge in [0.1, 0.15) is 12.0 Å². The molecule has 18 heavy (non-hydrogen) atoms. The van der Waals surface area contributed by atoms with Crippen molar-refractivity contribution in [1.82, 2.24) is 10.1 Å². The number of nitrogens with zero attached hydrogens (tertiary/aromatic N) is 3. The molecule has 0 fully saturated rings. The van der Waals surface area contributed by atoms with Gasteiger partial charge in [0.2, 0.25) is 0 Å². The maximum absolute atomic E-state index is 11.0. The second kappa shape index (κ2) is 4.14. The van der Waals surface area contributed by atoms with E-state index in [-0.39, 0.29) is 12.1 Å². The monoisotopic (exact) mass is 245 g/mol. The van der Waals surface area contributed by atoms with Crippen LogP contribution in [-0.4, -0.2) is 39.6 Å². The van der Waals surface area contributed by atoms with Crippen LogP contribution in [0.3, 0.4) is 0 Å². The topological polar surface area (TPSA) is 78.9 Å². The van der Waals surface area contributed by atoms with Gasteiger partial charge >= 0.3 is 5.97 Å².